The molecule has 1 aliphatic heterocycles. The Balaban J connectivity index is 1.37. The zero-order valence-corrected chi connectivity index (χ0v) is 16.4. The van der Waals surface area contributed by atoms with Gasteiger partial charge in [0.1, 0.15) is 12.4 Å². The number of anilines is 4. The van der Waals surface area contributed by atoms with Gasteiger partial charge in [0, 0.05) is 11.4 Å². The summed E-state index contributed by atoms with van der Waals surface area (Å²) < 4.78 is 13.1. The monoisotopic (exact) mass is 394 g/mol. The van der Waals surface area contributed by atoms with Crippen LogP contribution in [-0.2, 0) is 6.54 Å². The van der Waals surface area contributed by atoms with E-state index >= 15 is 0 Å². The quantitative estimate of drug-likeness (QED) is 0.609. The van der Waals surface area contributed by atoms with Crippen molar-refractivity contribution in [3.8, 4) is 0 Å². The second-order valence-corrected chi connectivity index (χ2v) is 7.31. The van der Waals surface area contributed by atoms with Crippen LogP contribution in [0.1, 0.15) is 11.4 Å². The molecule has 8 heteroatoms. The minimum absolute atomic E-state index is 0.208. The van der Waals surface area contributed by atoms with Crippen molar-refractivity contribution < 1.29 is 9.29 Å². The summed E-state index contributed by atoms with van der Waals surface area (Å²) in [7, 11) is 0. The van der Waals surface area contributed by atoms with E-state index in [1.54, 1.807) is 0 Å². The number of hydrogen-bond acceptors (Lipinski definition) is 6. The Morgan fingerprint density at radius 3 is 2.38 bits per heavy atom. The molecule has 29 heavy (non-hydrogen) atoms. The summed E-state index contributed by atoms with van der Waals surface area (Å²) in [5, 5.41) is 3.19. The van der Waals surface area contributed by atoms with Crippen molar-refractivity contribution in [2.45, 2.75) is 13.5 Å². The predicted molar refractivity (Wildman–Crippen MR) is 112 cm³/mol. The second kappa shape index (κ2) is 8.40. The molecule has 1 aliphatic rings. The molecule has 0 unspecified atom stereocenters. The Morgan fingerprint density at radius 2 is 1.69 bits per heavy atom. The summed E-state index contributed by atoms with van der Waals surface area (Å²) in [6, 6.07) is 14.7. The van der Waals surface area contributed by atoms with E-state index in [2.05, 4.69) is 25.2 Å². The van der Waals surface area contributed by atoms with Crippen LogP contribution in [0.2, 0.25) is 0 Å². The van der Waals surface area contributed by atoms with Crippen molar-refractivity contribution in [2.24, 2.45) is 0 Å². The molecule has 0 atom stereocenters. The number of aromatic nitrogens is 3. The Labute approximate surface area is 169 Å². The van der Waals surface area contributed by atoms with Gasteiger partial charge < -0.3 is 20.9 Å². The lowest BCUT2D eigenvalue weighted by Crippen LogP contribution is -3.13. The Kier molecular flexibility index (Phi) is 5.53. The average molecular weight is 394 g/mol. The number of aryl methyl sites for hydroxylation is 1. The number of nitrogens with one attached hydrogen (secondary N) is 2. The molecule has 0 saturated carbocycles. The number of piperazine rings is 1. The third-order valence-electron chi connectivity index (χ3n) is 5.08. The third kappa shape index (κ3) is 4.97. The van der Waals surface area contributed by atoms with E-state index < -0.39 is 0 Å². The maximum absolute atomic E-state index is 13.1. The molecule has 4 rings (SSSR count). The van der Waals surface area contributed by atoms with Gasteiger partial charge in [-0.15, -0.1) is 0 Å². The molecule has 0 spiro atoms. The van der Waals surface area contributed by atoms with Gasteiger partial charge in [0.05, 0.1) is 26.2 Å². The number of nitrogen functional groups attached to an aromatic ring is 1. The zero-order valence-electron chi connectivity index (χ0n) is 16.4. The number of hydrogen-bond donors (Lipinski definition) is 3. The summed E-state index contributed by atoms with van der Waals surface area (Å²) >= 11 is 0. The Morgan fingerprint density at radius 1 is 1.00 bits per heavy atom. The van der Waals surface area contributed by atoms with Gasteiger partial charge >= 0.3 is 0 Å². The van der Waals surface area contributed by atoms with Crippen LogP contribution in [0.4, 0.5) is 27.7 Å². The van der Waals surface area contributed by atoms with Gasteiger partial charge in [-0.1, -0.05) is 17.7 Å². The molecule has 4 N–H and O–H groups in total. The van der Waals surface area contributed by atoms with Gasteiger partial charge in [-0.2, -0.15) is 15.0 Å². The minimum atomic E-state index is -0.208. The highest BCUT2D eigenvalue weighted by Gasteiger charge is 2.22. The van der Waals surface area contributed by atoms with Gasteiger partial charge in [-0.25, -0.2) is 4.39 Å². The largest absolute Gasteiger partial charge is 0.368 e. The molecule has 0 amide bonds. The van der Waals surface area contributed by atoms with E-state index in [0.29, 0.717) is 18.3 Å². The summed E-state index contributed by atoms with van der Waals surface area (Å²) in [5.74, 6) is 1.15. The number of quaternary nitrogens is 1. The van der Waals surface area contributed by atoms with Crippen LogP contribution in [-0.4, -0.2) is 41.1 Å². The SMILES string of the molecule is Cc1ccc(Nc2nc(N)nc(C[NH+]3CCN(c4ccc(F)cc4)CC3)n2)cc1. The fraction of sp³-hybridized carbons (Fsp3) is 0.286. The first kappa shape index (κ1) is 19.1. The minimum Gasteiger partial charge on any atom is -0.368 e. The van der Waals surface area contributed by atoms with Gasteiger partial charge in [0.25, 0.3) is 0 Å². The van der Waals surface area contributed by atoms with Gasteiger partial charge in [0.2, 0.25) is 11.9 Å². The summed E-state index contributed by atoms with van der Waals surface area (Å²) in [4.78, 5) is 16.7. The molecule has 0 aliphatic carbocycles. The van der Waals surface area contributed by atoms with Crippen LogP contribution >= 0.6 is 0 Å². The van der Waals surface area contributed by atoms with Crippen LogP contribution in [0.3, 0.4) is 0 Å². The molecule has 1 aromatic heterocycles. The molecule has 7 nitrogen and oxygen atoms in total. The summed E-state index contributed by atoms with van der Waals surface area (Å²) in [5.41, 5.74) is 9.06. The van der Waals surface area contributed by atoms with Crippen LogP contribution < -0.4 is 20.9 Å². The molecule has 150 valence electrons. The van der Waals surface area contributed by atoms with Crippen molar-refractivity contribution in [1.29, 1.82) is 0 Å². The smallest absolute Gasteiger partial charge is 0.232 e. The normalized spacial score (nSPS) is 14.8. The third-order valence-corrected chi connectivity index (χ3v) is 5.08. The molecule has 2 aromatic carbocycles. The van der Waals surface area contributed by atoms with Crippen LogP contribution in [0.15, 0.2) is 48.5 Å². The number of nitrogens with zero attached hydrogens (tertiary/aromatic N) is 4. The van der Waals surface area contributed by atoms with Crippen LogP contribution in [0, 0.1) is 12.7 Å². The zero-order chi connectivity index (χ0) is 20.2. The predicted octanol–water partition coefficient (Wildman–Crippen LogP) is 1.55. The highest BCUT2D eigenvalue weighted by Crippen LogP contribution is 2.15. The molecule has 1 fully saturated rings. The number of nitrogens with two attached hydrogens (primary N) is 1. The number of halogens is 1. The first-order valence-corrected chi connectivity index (χ1v) is 9.73. The lowest BCUT2D eigenvalue weighted by atomic mass is 10.2. The number of benzene rings is 2. The fourth-order valence-corrected chi connectivity index (χ4v) is 3.47. The molecular weight excluding hydrogens is 369 g/mol. The van der Waals surface area contributed by atoms with E-state index in [4.69, 9.17) is 5.73 Å². The molecule has 1 saturated heterocycles. The Bertz CT molecular complexity index is 952. The van der Waals surface area contributed by atoms with Crippen molar-refractivity contribution in [3.63, 3.8) is 0 Å². The van der Waals surface area contributed by atoms with E-state index in [1.807, 2.05) is 43.3 Å². The van der Waals surface area contributed by atoms with Crippen molar-refractivity contribution in [1.82, 2.24) is 15.0 Å². The molecular formula is C21H25FN7+. The summed E-state index contributed by atoms with van der Waals surface area (Å²) in [6.45, 7) is 6.42. The van der Waals surface area contributed by atoms with Crippen LogP contribution in [0.25, 0.3) is 0 Å². The first-order valence-electron chi connectivity index (χ1n) is 9.73. The first-order chi connectivity index (χ1) is 14.0. The number of rotatable bonds is 5. The topological polar surface area (TPSA) is 84.4 Å². The lowest BCUT2D eigenvalue weighted by molar-refractivity contribution is -0.915. The highest BCUT2D eigenvalue weighted by atomic mass is 19.1. The van der Waals surface area contributed by atoms with Gasteiger partial charge in [-0.05, 0) is 43.3 Å². The summed E-state index contributed by atoms with van der Waals surface area (Å²) in [6.07, 6.45) is 0. The van der Waals surface area contributed by atoms with Crippen molar-refractivity contribution in [3.05, 3.63) is 65.7 Å². The second-order valence-electron chi connectivity index (χ2n) is 7.31. The highest BCUT2D eigenvalue weighted by molar-refractivity contribution is 5.54. The standard InChI is InChI=1S/C21H24FN7/c1-15-2-6-17(7-3-15)24-21-26-19(25-20(23)27-21)14-28-10-12-29(13-11-28)18-8-4-16(22)5-9-18/h2-9H,10-14H2,1H3,(H3,23,24,25,26,27)/p+1. The van der Waals surface area contributed by atoms with Gasteiger partial charge in [0.15, 0.2) is 5.82 Å². The van der Waals surface area contributed by atoms with E-state index in [0.717, 1.165) is 37.6 Å². The molecule has 0 radical (unpaired) electrons. The van der Waals surface area contributed by atoms with Crippen molar-refractivity contribution in [2.75, 3.05) is 42.1 Å². The maximum atomic E-state index is 13.1. The molecule has 2 heterocycles. The van der Waals surface area contributed by atoms with Gasteiger partial charge in [-0.3, -0.25) is 0 Å². The van der Waals surface area contributed by atoms with E-state index in [1.165, 1.54) is 22.6 Å². The van der Waals surface area contributed by atoms with Crippen LogP contribution in [0.5, 0.6) is 0 Å². The fourth-order valence-electron chi connectivity index (χ4n) is 3.47. The maximum Gasteiger partial charge on any atom is 0.232 e. The average Bonchev–Trinajstić information content (AvgIpc) is 2.71. The molecule has 0 bridgehead atoms. The Hall–Kier alpha value is -3.26. The molecule has 3 aromatic rings. The van der Waals surface area contributed by atoms with E-state index in [-0.39, 0.29) is 11.8 Å². The van der Waals surface area contributed by atoms with Crippen molar-refractivity contribution >= 4 is 23.3 Å². The lowest BCUT2D eigenvalue weighted by Gasteiger charge is -2.33. The van der Waals surface area contributed by atoms with E-state index in [9.17, 15) is 4.39 Å².